The fraction of sp³-hybridized carbons (Fsp3) is 0.143. The van der Waals surface area contributed by atoms with Crippen LogP contribution >= 0.6 is 0 Å². The average molecular weight is 305 g/mol. The van der Waals surface area contributed by atoms with E-state index in [1.165, 1.54) is 18.2 Å². The third kappa shape index (κ3) is 3.00. The highest BCUT2D eigenvalue weighted by Gasteiger charge is 2.44. The largest absolute Gasteiger partial charge is 0.335 e. The molecule has 0 atom stereocenters. The molecule has 0 unspecified atom stereocenters. The summed E-state index contributed by atoms with van der Waals surface area (Å²) in [5.74, 6) is -3.21. The second-order valence-electron chi connectivity index (χ2n) is 4.43. The fourth-order valence-electron chi connectivity index (χ4n) is 1.86. The maximum atomic E-state index is 12.8. The molecule has 1 aliphatic rings. The minimum absolute atomic E-state index is 0.112. The van der Waals surface area contributed by atoms with Crippen molar-refractivity contribution in [3.05, 3.63) is 42.7 Å². The minimum Gasteiger partial charge on any atom is -0.325 e. The van der Waals surface area contributed by atoms with Gasteiger partial charge in [0.1, 0.15) is 12.4 Å². The highest BCUT2D eigenvalue weighted by Crippen LogP contribution is 2.13. The zero-order valence-electron chi connectivity index (χ0n) is 11.4. The van der Waals surface area contributed by atoms with Gasteiger partial charge < -0.3 is 5.32 Å². The van der Waals surface area contributed by atoms with Gasteiger partial charge in [-0.25, -0.2) is 14.1 Å². The quantitative estimate of drug-likeness (QED) is 0.494. The van der Waals surface area contributed by atoms with Crippen molar-refractivity contribution in [2.24, 2.45) is 0 Å². The molecule has 2 rings (SSSR count). The number of halogens is 1. The van der Waals surface area contributed by atoms with Gasteiger partial charge in [-0.05, 0) is 24.3 Å². The van der Waals surface area contributed by atoms with Crippen LogP contribution in [0.15, 0.2) is 36.9 Å². The molecule has 5 amide bonds. The third-order valence-corrected chi connectivity index (χ3v) is 2.88. The molecule has 0 aliphatic carbocycles. The first-order chi connectivity index (χ1) is 10.4. The molecule has 1 saturated heterocycles. The van der Waals surface area contributed by atoms with Crippen molar-refractivity contribution in [3.63, 3.8) is 0 Å². The molecule has 1 N–H and O–H groups in total. The topological polar surface area (TPSA) is 86.8 Å². The lowest BCUT2D eigenvalue weighted by atomic mass is 10.3. The van der Waals surface area contributed by atoms with Gasteiger partial charge in [-0.2, -0.15) is 0 Å². The van der Waals surface area contributed by atoms with Gasteiger partial charge in [-0.3, -0.25) is 19.3 Å². The van der Waals surface area contributed by atoms with Crippen molar-refractivity contribution in [2.45, 2.75) is 0 Å². The van der Waals surface area contributed by atoms with Crippen LogP contribution in [-0.2, 0) is 14.4 Å². The number of rotatable bonds is 5. The van der Waals surface area contributed by atoms with Gasteiger partial charge >= 0.3 is 17.8 Å². The lowest BCUT2D eigenvalue weighted by Gasteiger charge is -2.14. The maximum absolute atomic E-state index is 12.8. The fourth-order valence-corrected chi connectivity index (χ4v) is 1.86. The Bertz CT molecular complexity index is 657. The van der Waals surface area contributed by atoms with Gasteiger partial charge in [0.25, 0.3) is 0 Å². The Morgan fingerprint density at radius 3 is 2.32 bits per heavy atom. The van der Waals surface area contributed by atoms with Crippen LogP contribution in [0.5, 0.6) is 0 Å². The van der Waals surface area contributed by atoms with Gasteiger partial charge in [-0.1, -0.05) is 6.08 Å². The van der Waals surface area contributed by atoms with E-state index in [0.29, 0.717) is 15.5 Å². The van der Waals surface area contributed by atoms with E-state index in [1.54, 1.807) is 0 Å². The number of urea groups is 1. The van der Waals surface area contributed by atoms with E-state index in [9.17, 15) is 23.6 Å². The second-order valence-corrected chi connectivity index (χ2v) is 4.43. The van der Waals surface area contributed by atoms with Crippen LogP contribution in [0, 0.1) is 5.82 Å². The molecule has 1 aromatic rings. The standard InChI is InChI=1S/C14H12FN3O4/c1-2-7-17-12(20)13(21)18(14(17)22)8-11(19)16-10-5-3-9(15)4-6-10/h2-6H,1,7-8H2,(H,16,19). The summed E-state index contributed by atoms with van der Waals surface area (Å²) < 4.78 is 12.8. The Morgan fingerprint density at radius 1 is 1.14 bits per heavy atom. The molecule has 0 saturated carbocycles. The number of carbonyl (C=O) groups excluding carboxylic acids is 4. The number of hydrogen-bond donors (Lipinski definition) is 1. The lowest BCUT2D eigenvalue weighted by Crippen LogP contribution is -2.39. The van der Waals surface area contributed by atoms with Crippen LogP contribution in [0.25, 0.3) is 0 Å². The molecule has 1 fully saturated rings. The summed E-state index contributed by atoms with van der Waals surface area (Å²) in [4.78, 5) is 48.2. The van der Waals surface area contributed by atoms with E-state index in [0.717, 1.165) is 12.1 Å². The Balaban J connectivity index is 2.03. The molecule has 0 bridgehead atoms. The van der Waals surface area contributed by atoms with Gasteiger partial charge in [0, 0.05) is 12.2 Å². The number of nitrogens with zero attached hydrogens (tertiary/aromatic N) is 2. The van der Waals surface area contributed by atoms with Crippen molar-refractivity contribution >= 4 is 29.4 Å². The summed E-state index contributed by atoms with van der Waals surface area (Å²) in [5.41, 5.74) is 0.305. The minimum atomic E-state index is -1.07. The van der Waals surface area contributed by atoms with E-state index in [1.807, 2.05) is 0 Å². The van der Waals surface area contributed by atoms with Crippen LogP contribution in [0.3, 0.4) is 0 Å². The number of nitrogens with one attached hydrogen (secondary N) is 1. The summed E-state index contributed by atoms with van der Waals surface area (Å²) >= 11 is 0. The van der Waals surface area contributed by atoms with Crippen molar-refractivity contribution in [3.8, 4) is 0 Å². The predicted octanol–water partition coefficient (Wildman–Crippen LogP) is 0.741. The first kappa shape index (κ1) is 15.4. The zero-order chi connectivity index (χ0) is 16.3. The molecule has 0 radical (unpaired) electrons. The number of anilines is 1. The molecule has 1 heterocycles. The predicted molar refractivity (Wildman–Crippen MR) is 74.0 cm³/mol. The number of imide groups is 2. The molecule has 1 aliphatic heterocycles. The van der Waals surface area contributed by atoms with E-state index >= 15 is 0 Å². The van der Waals surface area contributed by atoms with Crippen LogP contribution in [0.4, 0.5) is 14.9 Å². The van der Waals surface area contributed by atoms with Crippen molar-refractivity contribution in [2.75, 3.05) is 18.4 Å². The monoisotopic (exact) mass is 305 g/mol. The van der Waals surface area contributed by atoms with Crippen molar-refractivity contribution in [1.29, 1.82) is 0 Å². The van der Waals surface area contributed by atoms with E-state index in [-0.39, 0.29) is 6.54 Å². The first-order valence-corrected chi connectivity index (χ1v) is 6.27. The molecule has 22 heavy (non-hydrogen) atoms. The summed E-state index contributed by atoms with van der Waals surface area (Å²) in [5, 5.41) is 2.40. The van der Waals surface area contributed by atoms with E-state index < -0.39 is 36.1 Å². The van der Waals surface area contributed by atoms with E-state index in [2.05, 4.69) is 11.9 Å². The summed E-state index contributed by atoms with van der Waals surface area (Å²) in [6.45, 7) is 2.67. The molecule has 114 valence electrons. The van der Waals surface area contributed by atoms with Crippen LogP contribution in [0.2, 0.25) is 0 Å². The molecule has 7 nitrogen and oxygen atoms in total. The molecular weight excluding hydrogens is 293 g/mol. The van der Waals surface area contributed by atoms with Crippen molar-refractivity contribution < 1.29 is 23.6 Å². The molecule has 0 spiro atoms. The third-order valence-electron chi connectivity index (χ3n) is 2.88. The normalized spacial score (nSPS) is 14.5. The number of hydrogen-bond acceptors (Lipinski definition) is 4. The zero-order valence-corrected chi connectivity index (χ0v) is 11.4. The lowest BCUT2D eigenvalue weighted by molar-refractivity contribution is -0.143. The van der Waals surface area contributed by atoms with Gasteiger partial charge in [0.2, 0.25) is 5.91 Å². The maximum Gasteiger partial charge on any atom is 0.335 e. The molecule has 8 heteroatoms. The SMILES string of the molecule is C=CCN1C(=O)C(=O)N(CC(=O)Nc2ccc(F)cc2)C1=O. The van der Waals surface area contributed by atoms with Gasteiger partial charge in [0.15, 0.2) is 0 Å². The van der Waals surface area contributed by atoms with Crippen LogP contribution in [-0.4, -0.2) is 46.6 Å². The van der Waals surface area contributed by atoms with Crippen molar-refractivity contribution in [1.82, 2.24) is 9.80 Å². The summed E-state index contributed by atoms with van der Waals surface area (Å²) in [7, 11) is 0. The number of amides is 5. The number of carbonyl (C=O) groups is 4. The summed E-state index contributed by atoms with van der Waals surface area (Å²) in [6, 6.07) is 4.09. The smallest absolute Gasteiger partial charge is 0.325 e. The molecule has 0 aromatic heterocycles. The van der Waals surface area contributed by atoms with E-state index in [4.69, 9.17) is 0 Å². The van der Waals surface area contributed by atoms with Crippen LogP contribution < -0.4 is 5.32 Å². The Morgan fingerprint density at radius 2 is 1.73 bits per heavy atom. The van der Waals surface area contributed by atoms with Crippen LogP contribution in [0.1, 0.15) is 0 Å². The Labute approximate surface area is 125 Å². The first-order valence-electron chi connectivity index (χ1n) is 6.27. The second kappa shape index (κ2) is 6.17. The summed E-state index contributed by atoms with van der Waals surface area (Å²) in [6.07, 6.45) is 1.30. The van der Waals surface area contributed by atoms with Gasteiger partial charge in [-0.15, -0.1) is 6.58 Å². The Hall–Kier alpha value is -3.03. The molecular formula is C14H12FN3O4. The average Bonchev–Trinajstić information content (AvgIpc) is 2.68. The molecule has 1 aromatic carbocycles. The highest BCUT2D eigenvalue weighted by molar-refractivity contribution is 6.45. The number of benzene rings is 1. The Kier molecular flexibility index (Phi) is 4.31. The highest BCUT2D eigenvalue weighted by atomic mass is 19.1. The van der Waals surface area contributed by atoms with Gasteiger partial charge in [0.05, 0.1) is 0 Å².